The highest BCUT2D eigenvalue weighted by Gasteiger charge is 2.28. The number of likely N-dealkylation sites (tertiary alicyclic amines) is 1. The highest BCUT2D eigenvalue weighted by atomic mass is 19.1. The van der Waals surface area contributed by atoms with Gasteiger partial charge in [0, 0.05) is 18.5 Å². The van der Waals surface area contributed by atoms with Crippen molar-refractivity contribution in [2.24, 2.45) is 0 Å². The van der Waals surface area contributed by atoms with Gasteiger partial charge in [-0.2, -0.15) is 0 Å². The molecule has 0 unspecified atom stereocenters. The summed E-state index contributed by atoms with van der Waals surface area (Å²) >= 11 is 0. The quantitative estimate of drug-likeness (QED) is 0.876. The highest BCUT2D eigenvalue weighted by molar-refractivity contribution is 5.96. The first-order valence-electron chi connectivity index (χ1n) is 7.87. The molecule has 8 heteroatoms. The number of ether oxygens (including phenoxy) is 1. The average molecular weight is 344 g/mol. The van der Waals surface area contributed by atoms with Crippen LogP contribution in [0.1, 0.15) is 16.8 Å². The molecular weight excluding hydrogens is 327 g/mol. The molecule has 2 heterocycles. The summed E-state index contributed by atoms with van der Waals surface area (Å²) in [6, 6.07) is 8.78. The summed E-state index contributed by atoms with van der Waals surface area (Å²) in [5.41, 5.74) is 0.506. The molecule has 1 aromatic heterocycles. The first kappa shape index (κ1) is 16.8. The molecule has 0 spiro atoms. The fraction of sp³-hybridized carbons (Fsp3) is 0.294. The first-order chi connectivity index (χ1) is 12.1. The third-order valence-electron chi connectivity index (χ3n) is 3.80. The number of amides is 2. The topological polar surface area (TPSA) is 84.4 Å². The van der Waals surface area contributed by atoms with Gasteiger partial charge < -0.3 is 15.0 Å². The van der Waals surface area contributed by atoms with E-state index < -0.39 is 5.82 Å². The predicted octanol–water partition coefficient (Wildman–Crippen LogP) is 1.03. The minimum absolute atomic E-state index is 0.0759. The van der Waals surface area contributed by atoms with Gasteiger partial charge in [-0.25, -0.2) is 14.4 Å². The second-order valence-corrected chi connectivity index (χ2v) is 5.60. The highest BCUT2D eigenvalue weighted by Crippen LogP contribution is 2.15. The molecule has 1 aromatic carbocycles. The number of rotatable bonds is 5. The van der Waals surface area contributed by atoms with Crippen molar-refractivity contribution in [3.8, 4) is 6.01 Å². The number of aromatic nitrogens is 2. The van der Waals surface area contributed by atoms with Crippen LogP contribution in [0.15, 0.2) is 42.7 Å². The molecular formula is C17H17FN4O3. The van der Waals surface area contributed by atoms with Gasteiger partial charge >= 0.3 is 6.01 Å². The predicted molar refractivity (Wildman–Crippen MR) is 86.4 cm³/mol. The van der Waals surface area contributed by atoms with E-state index in [2.05, 4.69) is 15.3 Å². The van der Waals surface area contributed by atoms with Crippen LogP contribution in [-0.4, -0.2) is 52.4 Å². The van der Waals surface area contributed by atoms with E-state index in [9.17, 15) is 14.0 Å². The monoisotopic (exact) mass is 344 g/mol. The van der Waals surface area contributed by atoms with E-state index >= 15 is 0 Å². The van der Waals surface area contributed by atoms with Crippen LogP contribution in [0, 0.1) is 5.82 Å². The molecule has 1 saturated heterocycles. The number of nitrogens with one attached hydrogen (secondary N) is 1. The Labute approximate surface area is 143 Å². The number of hydrogen-bond donors (Lipinski definition) is 1. The van der Waals surface area contributed by atoms with E-state index in [1.54, 1.807) is 29.2 Å². The Morgan fingerprint density at radius 3 is 2.68 bits per heavy atom. The molecule has 7 nitrogen and oxygen atoms in total. The zero-order valence-corrected chi connectivity index (χ0v) is 13.4. The van der Waals surface area contributed by atoms with Crippen molar-refractivity contribution in [3.63, 3.8) is 0 Å². The summed E-state index contributed by atoms with van der Waals surface area (Å²) in [5.74, 6) is -1.01. The molecule has 1 fully saturated rings. The number of halogens is 1. The lowest BCUT2D eigenvalue weighted by molar-refractivity contribution is -0.129. The van der Waals surface area contributed by atoms with E-state index in [1.807, 2.05) is 6.07 Å². The lowest BCUT2D eigenvalue weighted by Crippen LogP contribution is -2.39. The summed E-state index contributed by atoms with van der Waals surface area (Å²) < 4.78 is 18.3. The summed E-state index contributed by atoms with van der Waals surface area (Å²) in [6.45, 7) is 0.820. The summed E-state index contributed by atoms with van der Waals surface area (Å²) in [6.07, 6.45) is 2.43. The van der Waals surface area contributed by atoms with Gasteiger partial charge in [0.05, 0.1) is 25.5 Å². The Hall–Kier alpha value is -3.03. The first-order valence-corrected chi connectivity index (χ1v) is 7.87. The second kappa shape index (κ2) is 7.69. The van der Waals surface area contributed by atoms with Crippen molar-refractivity contribution < 1.29 is 18.7 Å². The summed E-state index contributed by atoms with van der Waals surface area (Å²) in [5, 5.41) is 2.61. The molecule has 2 aromatic rings. The van der Waals surface area contributed by atoms with Crippen LogP contribution in [0.25, 0.3) is 0 Å². The molecule has 3 rings (SSSR count). The maximum Gasteiger partial charge on any atom is 0.316 e. The third-order valence-corrected chi connectivity index (χ3v) is 3.80. The SMILES string of the molecule is O=C(NCC(=O)N1CC[C@H](Oc2ncc(F)cn2)C1)c1ccccc1. The van der Waals surface area contributed by atoms with Crippen LogP contribution < -0.4 is 10.1 Å². The number of hydrogen-bond acceptors (Lipinski definition) is 5. The third kappa shape index (κ3) is 4.50. The minimum atomic E-state index is -0.537. The molecule has 0 aliphatic carbocycles. The number of nitrogens with zero attached hydrogens (tertiary/aromatic N) is 3. The van der Waals surface area contributed by atoms with Crippen LogP contribution in [-0.2, 0) is 4.79 Å². The smallest absolute Gasteiger partial charge is 0.316 e. The fourth-order valence-electron chi connectivity index (χ4n) is 2.52. The van der Waals surface area contributed by atoms with Crippen molar-refractivity contribution in [1.82, 2.24) is 20.2 Å². The Bertz CT molecular complexity index is 739. The standard InChI is InChI=1S/C17H17FN4O3/c18-13-8-20-17(21-9-13)25-14-6-7-22(11-14)15(23)10-19-16(24)12-4-2-1-3-5-12/h1-5,8-9,14H,6-7,10-11H2,(H,19,24)/t14-/m0/s1. The van der Waals surface area contributed by atoms with Crippen LogP contribution in [0.4, 0.5) is 4.39 Å². The normalized spacial score (nSPS) is 16.5. The van der Waals surface area contributed by atoms with Gasteiger partial charge in [0.15, 0.2) is 5.82 Å². The Balaban J connectivity index is 1.46. The molecule has 0 saturated carbocycles. The van der Waals surface area contributed by atoms with Gasteiger partial charge in [-0.05, 0) is 12.1 Å². The molecule has 25 heavy (non-hydrogen) atoms. The van der Waals surface area contributed by atoms with Crippen molar-refractivity contribution in [2.45, 2.75) is 12.5 Å². The fourth-order valence-corrected chi connectivity index (χ4v) is 2.52. The second-order valence-electron chi connectivity index (χ2n) is 5.60. The van der Waals surface area contributed by atoms with E-state index in [0.29, 0.717) is 25.1 Å². The molecule has 130 valence electrons. The van der Waals surface area contributed by atoms with Crippen molar-refractivity contribution in [2.75, 3.05) is 19.6 Å². The van der Waals surface area contributed by atoms with Crippen LogP contribution in [0.3, 0.4) is 0 Å². The van der Waals surface area contributed by atoms with E-state index in [-0.39, 0.29) is 30.5 Å². The summed E-state index contributed by atoms with van der Waals surface area (Å²) in [4.78, 5) is 33.2. The number of benzene rings is 1. The molecule has 2 amide bonds. The lowest BCUT2D eigenvalue weighted by atomic mass is 10.2. The van der Waals surface area contributed by atoms with E-state index in [4.69, 9.17) is 4.74 Å². The maximum atomic E-state index is 12.8. The van der Waals surface area contributed by atoms with Crippen molar-refractivity contribution in [1.29, 1.82) is 0 Å². The molecule has 1 aliphatic rings. The zero-order chi connectivity index (χ0) is 17.6. The molecule has 1 N–H and O–H groups in total. The lowest BCUT2D eigenvalue weighted by Gasteiger charge is -2.17. The van der Waals surface area contributed by atoms with Crippen molar-refractivity contribution >= 4 is 11.8 Å². The van der Waals surface area contributed by atoms with Crippen molar-refractivity contribution in [3.05, 3.63) is 54.1 Å². The van der Waals surface area contributed by atoms with Gasteiger partial charge in [0.1, 0.15) is 6.10 Å². The molecule has 0 radical (unpaired) electrons. The Kier molecular flexibility index (Phi) is 5.17. The maximum absolute atomic E-state index is 12.8. The summed E-state index contributed by atoms with van der Waals surface area (Å²) in [7, 11) is 0. The molecule has 1 aliphatic heterocycles. The number of carbonyl (C=O) groups excluding carboxylic acids is 2. The van der Waals surface area contributed by atoms with Gasteiger partial charge in [-0.1, -0.05) is 18.2 Å². The minimum Gasteiger partial charge on any atom is -0.458 e. The van der Waals surface area contributed by atoms with Gasteiger partial charge in [0.25, 0.3) is 5.91 Å². The molecule has 1 atom stereocenters. The van der Waals surface area contributed by atoms with E-state index in [1.165, 1.54) is 0 Å². The Morgan fingerprint density at radius 1 is 1.24 bits per heavy atom. The van der Waals surface area contributed by atoms with Crippen LogP contribution in [0.5, 0.6) is 6.01 Å². The van der Waals surface area contributed by atoms with Gasteiger partial charge in [-0.3, -0.25) is 9.59 Å². The molecule has 0 bridgehead atoms. The van der Waals surface area contributed by atoms with Crippen LogP contribution >= 0.6 is 0 Å². The average Bonchev–Trinajstić information content (AvgIpc) is 3.10. The Morgan fingerprint density at radius 2 is 1.96 bits per heavy atom. The number of carbonyl (C=O) groups is 2. The van der Waals surface area contributed by atoms with Gasteiger partial charge in [0.2, 0.25) is 5.91 Å². The van der Waals surface area contributed by atoms with Gasteiger partial charge in [-0.15, -0.1) is 0 Å². The zero-order valence-electron chi connectivity index (χ0n) is 13.4. The van der Waals surface area contributed by atoms with E-state index in [0.717, 1.165) is 12.4 Å². The van der Waals surface area contributed by atoms with Crippen LogP contribution in [0.2, 0.25) is 0 Å². The largest absolute Gasteiger partial charge is 0.458 e.